The zero-order valence-electron chi connectivity index (χ0n) is 9.74. The Morgan fingerprint density at radius 2 is 1.38 bits per heavy atom. The molecule has 2 nitrogen and oxygen atoms in total. The first-order chi connectivity index (χ1) is 6.41. The standard InChI is InChI=1S/C7H14N2.2C2H6/c1-2-7(4-8-3-1)5-9-6-7;2*1-2/h8-9H,1-6H2;2*1-2H3. The number of piperidine rings is 1. The minimum atomic E-state index is 0.679. The molecular formula is C11H26N2. The number of hydrogen-bond donors (Lipinski definition) is 2. The number of nitrogens with one attached hydrogen (secondary N) is 2. The maximum absolute atomic E-state index is 3.44. The predicted molar refractivity (Wildman–Crippen MR) is 60.1 cm³/mol. The van der Waals surface area contributed by atoms with Crippen molar-refractivity contribution in [3.05, 3.63) is 0 Å². The summed E-state index contributed by atoms with van der Waals surface area (Å²) in [5, 5.41) is 6.77. The van der Waals surface area contributed by atoms with Crippen molar-refractivity contribution in [1.29, 1.82) is 0 Å². The molecule has 2 aliphatic rings. The van der Waals surface area contributed by atoms with Crippen LogP contribution in [0.5, 0.6) is 0 Å². The summed E-state index contributed by atoms with van der Waals surface area (Å²) in [4.78, 5) is 0. The van der Waals surface area contributed by atoms with Gasteiger partial charge in [-0.15, -0.1) is 0 Å². The molecule has 0 atom stereocenters. The van der Waals surface area contributed by atoms with Crippen LogP contribution in [0.25, 0.3) is 0 Å². The van der Waals surface area contributed by atoms with Crippen molar-refractivity contribution in [3.8, 4) is 0 Å². The van der Waals surface area contributed by atoms with E-state index < -0.39 is 0 Å². The molecule has 2 aliphatic heterocycles. The Morgan fingerprint density at radius 3 is 1.62 bits per heavy atom. The summed E-state index contributed by atoms with van der Waals surface area (Å²) in [7, 11) is 0. The van der Waals surface area contributed by atoms with Crippen LogP contribution in [0.4, 0.5) is 0 Å². The highest BCUT2D eigenvalue weighted by atomic mass is 15.0. The Balaban J connectivity index is 0.000000322. The summed E-state index contributed by atoms with van der Waals surface area (Å²) in [6, 6.07) is 0. The van der Waals surface area contributed by atoms with Gasteiger partial charge < -0.3 is 10.6 Å². The second kappa shape index (κ2) is 7.34. The van der Waals surface area contributed by atoms with Gasteiger partial charge in [-0.05, 0) is 19.4 Å². The maximum Gasteiger partial charge on any atom is 0.00777 e. The molecule has 2 heterocycles. The highest BCUT2D eigenvalue weighted by Crippen LogP contribution is 2.29. The summed E-state index contributed by atoms with van der Waals surface area (Å²) < 4.78 is 0. The van der Waals surface area contributed by atoms with Gasteiger partial charge in [0.1, 0.15) is 0 Å². The van der Waals surface area contributed by atoms with Gasteiger partial charge >= 0.3 is 0 Å². The molecule has 13 heavy (non-hydrogen) atoms. The van der Waals surface area contributed by atoms with Gasteiger partial charge in [0.25, 0.3) is 0 Å². The van der Waals surface area contributed by atoms with Crippen molar-refractivity contribution in [2.24, 2.45) is 5.41 Å². The van der Waals surface area contributed by atoms with E-state index in [-0.39, 0.29) is 0 Å². The van der Waals surface area contributed by atoms with E-state index in [0.717, 1.165) is 0 Å². The van der Waals surface area contributed by atoms with Gasteiger partial charge in [0, 0.05) is 25.0 Å². The van der Waals surface area contributed by atoms with Crippen LogP contribution in [0, 0.1) is 5.41 Å². The van der Waals surface area contributed by atoms with Gasteiger partial charge in [-0.3, -0.25) is 0 Å². The first-order valence-corrected chi connectivity index (χ1v) is 5.83. The van der Waals surface area contributed by atoms with Crippen molar-refractivity contribution in [2.75, 3.05) is 26.2 Å². The molecule has 2 N–H and O–H groups in total. The van der Waals surface area contributed by atoms with E-state index in [2.05, 4.69) is 10.6 Å². The van der Waals surface area contributed by atoms with Gasteiger partial charge in [0.05, 0.1) is 0 Å². The molecule has 0 bridgehead atoms. The lowest BCUT2D eigenvalue weighted by Crippen LogP contribution is -2.60. The first kappa shape index (κ1) is 12.9. The van der Waals surface area contributed by atoms with Crippen LogP contribution in [-0.4, -0.2) is 26.2 Å². The minimum Gasteiger partial charge on any atom is -0.316 e. The SMILES string of the molecule is C1CNCC2(C1)CNC2.CC.CC. The van der Waals surface area contributed by atoms with Gasteiger partial charge in [-0.2, -0.15) is 0 Å². The zero-order chi connectivity index (χ0) is 10.2. The second-order valence-corrected chi connectivity index (χ2v) is 3.38. The molecule has 0 aromatic carbocycles. The van der Waals surface area contributed by atoms with Crippen LogP contribution in [0.3, 0.4) is 0 Å². The fourth-order valence-electron chi connectivity index (χ4n) is 1.81. The Morgan fingerprint density at radius 1 is 0.846 bits per heavy atom. The minimum absolute atomic E-state index is 0.679. The van der Waals surface area contributed by atoms with Crippen molar-refractivity contribution in [2.45, 2.75) is 40.5 Å². The van der Waals surface area contributed by atoms with Crippen molar-refractivity contribution in [1.82, 2.24) is 10.6 Å². The molecule has 0 aliphatic carbocycles. The predicted octanol–water partition coefficient (Wildman–Crippen LogP) is 2.01. The molecule has 2 heteroatoms. The number of hydrogen-bond acceptors (Lipinski definition) is 2. The molecule has 2 rings (SSSR count). The quantitative estimate of drug-likeness (QED) is 0.605. The molecule has 0 unspecified atom stereocenters. The molecule has 0 aromatic heterocycles. The average Bonchev–Trinajstić information content (AvgIpc) is 2.23. The van der Waals surface area contributed by atoms with Crippen LogP contribution >= 0.6 is 0 Å². The van der Waals surface area contributed by atoms with E-state index >= 15 is 0 Å². The third-order valence-corrected chi connectivity index (χ3v) is 2.56. The summed E-state index contributed by atoms with van der Waals surface area (Å²) in [6.45, 7) is 13.0. The van der Waals surface area contributed by atoms with E-state index in [4.69, 9.17) is 0 Å². The van der Waals surface area contributed by atoms with E-state index in [1.54, 1.807) is 0 Å². The molecule has 2 fully saturated rings. The maximum atomic E-state index is 3.44. The summed E-state index contributed by atoms with van der Waals surface area (Å²) >= 11 is 0. The highest BCUT2D eigenvalue weighted by molar-refractivity contribution is 4.95. The highest BCUT2D eigenvalue weighted by Gasteiger charge is 2.37. The zero-order valence-corrected chi connectivity index (χ0v) is 9.74. The van der Waals surface area contributed by atoms with Crippen LogP contribution in [0.1, 0.15) is 40.5 Å². The van der Waals surface area contributed by atoms with Crippen LogP contribution in [0.15, 0.2) is 0 Å². The molecule has 0 radical (unpaired) electrons. The lowest BCUT2D eigenvalue weighted by Gasteiger charge is -2.45. The second-order valence-electron chi connectivity index (χ2n) is 3.38. The molecular weight excluding hydrogens is 160 g/mol. The van der Waals surface area contributed by atoms with E-state index in [1.807, 2.05) is 27.7 Å². The van der Waals surface area contributed by atoms with Crippen molar-refractivity contribution < 1.29 is 0 Å². The van der Waals surface area contributed by atoms with Crippen LogP contribution in [-0.2, 0) is 0 Å². The summed E-state index contributed by atoms with van der Waals surface area (Å²) in [5.74, 6) is 0. The summed E-state index contributed by atoms with van der Waals surface area (Å²) in [5.41, 5.74) is 0.679. The van der Waals surface area contributed by atoms with Crippen LogP contribution in [0.2, 0.25) is 0 Å². The van der Waals surface area contributed by atoms with E-state index in [0.29, 0.717) is 5.41 Å². The van der Waals surface area contributed by atoms with Gasteiger partial charge in [-0.25, -0.2) is 0 Å². The average molecular weight is 186 g/mol. The Hall–Kier alpha value is -0.0800. The Bertz CT molecular complexity index is 101. The Kier molecular flexibility index (Phi) is 7.29. The molecule has 0 saturated carbocycles. The Labute approximate surface area is 83.5 Å². The fraction of sp³-hybridized carbons (Fsp3) is 1.00. The van der Waals surface area contributed by atoms with Gasteiger partial charge in [0.2, 0.25) is 0 Å². The lowest BCUT2D eigenvalue weighted by atomic mass is 9.76. The van der Waals surface area contributed by atoms with Crippen molar-refractivity contribution >= 4 is 0 Å². The molecule has 0 amide bonds. The molecule has 80 valence electrons. The van der Waals surface area contributed by atoms with Crippen molar-refractivity contribution in [3.63, 3.8) is 0 Å². The summed E-state index contributed by atoms with van der Waals surface area (Å²) in [6.07, 6.45) is 2.81. The smallest absolute Gasteiger partial charge is 0.00777 e. The van der Waals surface area contributed by atoms with E-state index in [9.17, 15) is 0 Å². The third kappa shape index (κ3) is 3.65. The molecule has 1 spiro atoms. The third-order valence-electron chi connectivity index (χ3n) is 2.56. The fourth-order valence-corrected chi connectivity index (χ4v) is 1.81. The first-order valence-electron chi connectivity index (χ1n) is 5.83. The lowest BCUT2D eigenvalue weighted by molar-refractivity contribution is 0.123. The van der Waals surface area contributed by atoms with Gasteiger partial charge in [-0.1, -0.05) is 27.7 Å². The molecule has 2 saturated heterocycles. The van der Waals surface area contributed by atoms with Crippen LogP contribution < -0.4 is 10.6 Å². The normalized spacial score (nSPS) is 23.1. The largest absolute Gasteiger partial charge is 0.316 e. The molecule has 0 aromatic rings. The van der Waals surface area contributed by atoms with E-state index in [1.165, 1.54) is 39.0 Å². The number of rotatable bonds is 0. The topological polar surface area (TPSA) is 24.1 Å². The monoisotopic (exact) mass is 186 g/mol. The van der Waals surface area contributed by atoms with Gasteiger partial charge in [0.15, 0.2) is 0 Å².